The van der Waals surface area contributed by atoms with Gasteiger partial charge in [0, 0.05) is 37.1 Å². The summed E-state index contributed by atoms with van der Waals surface area (Å²) in [5.74, 6) is 0.0490. The summed E-state index contributed by atoms with van der Waals surface area (Å²) in [6.45, 7) is 10.7. The number of nitrogens with two attached hydrogens (primary N) is 1. The number of nitrogens with zero attached hydrogens (tertiary/aromatic N) is 2. The van der Waals surface area contributed by atoms with E-state index in [1.165, 1.54) is 0 Å². The topological polar surface area (TPSA) is 51.3 Å². The Morgan fingerprint density at radius 3 is 2.26 bits per heavy atom. The first-order chi connectivity index (χ1) is 8.31. The maximum atomic E-state index is 12.4. The molecule has 1 unspecified atom stereocenters. The number of hydrogen-bond donors (Lipinski definition) is 1. The van der Waals surface area contributed by atoms with E-state index in [0.717, 1.165) is 17.0 Å². The van der Waals surface area contributed by atoms with Crippen molar-refractivity contribution in [2.24, 2.45) is 5.73 Å². The number of rotatable bonds is 4. The van der Waals surface area contributed by atoms with E-state index in [9.17, 15) is 4.79 Å². The predicted octanol–water partition coefficient (Wildman–Crippen LogP) is 2.53. The number of carbonyl (C=O) groups excluding carboxylic acids is 1. The van der Waals surface area contributed by atoms with E-state index in [0.29, 0.717) is 12.6 Å². The molecule has 19 heavy (non-hydrogen) atoms. The quantitative estimate of drug-likeness (QED) is 0.925. The normalized spacial score (nSPS) is 12.2. The van der Waals surface area contributed by atoms with Gasteiger partial charge >= 0.3 is 0 Å². The van der Waals surface area contributed by atoms with Crippen LogP contribution in [0.5, 0.6) is 0 Å². The molecule has 1 aromatic heterocycles. The molecule has 0 bridgehead atoms. The monoisotopic (exact) mass is 287 g/mol. The summed E-state index contributed by atoms with van der Waals surface area (Å²) >= 11 is 0. The Kier molecular flexibility index (Phi) is 6.60. The summed E-state index contributed by atoms with van der Waals surface area (Å²) < 4.78 is 2.19. The zero-order chi connectivity index (χ0) is 14.0. The van der Waals surface area contributed by atoms with Gasteiger partial charge in [0.2, 0.25) is 0 Å². The molecule has 1 rings (SSSR count). The van der Waals surface area contributed by atoms with Crippen molar-refractivity contribution in [3.05, 3.63) is 23.0 Å². The summed E-state index contributed by atoms with van der Waals surface area (Å²) in [4.78, 5) is 14.1. The van der Waals surface area contributed by atoms with Gasteiger partial charge in [-0.2, -0.15) is 0 Å². The standard InChI is InChI=1S/C14H25N3O.ClH/c1-9(2)17-10(3)7-13(12(17)5)14(18)16(6)11(4)8-15;/h7,9,11H,8,15H2,1-6H3;1H. The summed E-state index contributed by atoms with van der Waals surface area (Å²) in [7, 11) is 1.81. The average molecular weight is 288 g/mol. The third-order valence-corrected chi connectivity index (χ3v) is 3.55. The van der Waals surface area contributed by atoms with Crippen LogP contribution in [0.1, 0.15) is 48.6 Å². The zero-order valence-corrected chi connectivity index (χ0v) is 13.5. The fraction of sp³-hybridized carbons (Fsp3) is 0.643. The molecule has 1 heterocycles. The van der Waals surface area contributed by atoms with Crippen molar-refractivity contribution in [2.45, 2.75) is 46.7 Å². The van der Waals surface area contributed by atoms with Crippen molar-refractivity contribution >= 4 is 18.3 Å². The maximum Gasteiger partial charge on any atom is 0.255 e. The lowest BCUT2D eigenvalue weighted by atomic mass is 10.2. The summed E-state index contributed by atoms with van der Waals surface area (Å²) in [6.07, 6.45) is 0. The highest BCUT2D eigenvalue weighted by Gasteiger charge is 2.22. The first-order valence-electron chi connectivity index (χ1n) is 6.46. The Bertz CT molecular complexity index is 440. The highest BCUT2D eigenvalue weighted by atomic mass is 35.5. The van der Waals surface area contributed by atoms with Gasteiger partial charge in [-0.1, -0.05) is 0 Å². The number of hydrogen-bond acceptors (Lipinski definition) is 2. The van der Waals surface area contributed by atoms with E-state index < -0.39 is 0 Å². The van der Waals surface area contributed by atoms with Crippen molar-refractivity contribution in [3.63, 3.8) is 0 Å². The van der Waals surface area contributed by atoms with Gasteiger partial charge in [0.05, 0.1) is 5.56 Å². The minimum absolute atomic E-state index is 0. The summed E-state index contributed by atoms with van der Waals surface area (Å²) in [5, 5.41) is 0. The van der Waals surface area contributed by atoms with Crippen LogP contribution in [-0.2, 0) is 0 Å². The lowest BCUT2D eigenvalue weighted by Crippen LogP contribution is -2.39. The van der Waals surface area contributed by atoms with Gasteiger partial charge in [-0.05, 0) is 40.7 Å². The van der Waals surface area contributed by atoms with Gasteiger partial charge in [-0.25, -0.2) is 0 Å². The number of carbonyl (C=O) groups is 1. The highest BCUT2D eigenvalue weighted by Crippen LogP contribution is 2.21. The average Bonchev–Trinajstić information content (AvgIpc) is 2.61. The molecule has 1 atom stereocenters. The molecule has 5 heteroatoms. The van der Waals surface area contributed by atoms with Crippen molar-refractivity contribution in [3.8, 4) is 0 Å². The zero-order valence-electron chi connectivity index (χ0n) is 12.7. The fourth-order valence-electron chi connectivity index (χ4n) is 2.34. The van der Waals surface area contributed by atoms with Crippen LogP contribution >= 0.6 is 12.4 Å². The van der Waals surface area contributed by atoms with Gasteiger partial charge in [0.25, 0.3) is 5.91 Å². The Labute approximate surface area is 122 Å². The van der Waals surface area contributed by atoms with E-state index in [2.05, 4.69) is 18.4 Å². The Hall–Kier alpha value is -1.000. The third-order valence-electron chi connectivity index (χ3n) is 3.55. The molecule has 0 aliphatic rings. The molecule has 1 aromatic rings. The summed E-state index contributed by atoms with van der Waals surface area (Å²) in [6, 6.07) is 2.39. The van der Waals surface area contributed by atoms with Crippen molar-refractivity contribution in [2.75, 3.05) is 13.6 Å². The Balaban J connectivity index is 0.00000324. The molecule has 0 radical (unpaired) electrons. The molecule has 2 N–H and O–H groups in total. The molecule has 0 aromatic carbocycles. The van der Waals surface area contributed by atoms with Crippen molar-refractivity contribution in [1.29, 1.82) is 0 Å². The van der Waals surface area contributed by atoms with Gasteiger partial charge in [-0.3, -0.25) is 4.79 Å². The van der Waals surface area contributed by atoms with Crippen LogP contribution in [0.25, 0.3) is 0 Å². The smallest absolute Gasteiger partial charge is 0.255 e. The molecule has 0 aliphatic heterocycles. The van der Waals surface area contributed by atoms with Crippen LogP contribution in [-0.4, -0.2) is 35.0 Å². The first-order valence-corrected chi connectivity index (χ1v) is 6.46. The van der Waals surface area contributed by atoms with Gasteiger partial charge in [-0.15, -0.1) is 12.4 Å². The Morgan fingerprint density at radius 2 is 1.89 bits per heavy atom. The van der Waals surface area contributed by atoms with Gasteiger partial charge in [0.1, 0.15) is 0 Å². The second kappa shape index (κ2) is 6.96. The van der Waals surface area contributed by atoms with Gasteiger partial charge in [0.15, 0.2) is 0 Å². The van der Waals surface area contributed by atoms with Gasteiger partial charge < -0.3 is 15.2 Å². The first kappa shape index (κ1) is 18.0. The van der Waals surface area contributed by atoms with E-state index in [1.54, 1.807) is 11.9 Å². The molecule has 1 amide bonds. The van der Waals surface area contributed by atoms with E-state index in [1.807, 2.05) is 26.8 Å². The van der Waals surface area contributed by atoms with Crippen LogP contribution in [0.4, 0.5) is 0 Å². The lowest BCUT2D eigenvalue weighted by molar-refractivity contribution is 0.0747. The number of aryl methyl sites for hydroxylation is 1. The molecular weight excluding hydrogens is 262 g/mol. The van der Waals surface area contributed by atoms with Crippen molar-refractivity contribution in [1.82, 2.24) is 9.47 Å². The second-order valence-corrected chi connectivity index (χ2v) is 5.25. The highest BCUT2D eigenvalue weighted by molar-refractivity contribution is 5.95. The van der Waals surface area contributed by atoms with Crippen LogP contribution in [0.15, 0.2) is 6.07 Å². The number of amides is 1. The van der Waals surface area contributed by atoms with E-state index in [-0.39, 0.29) is 24.4 Å². The fourth-order valence-corrected chi connectivity index (χ4v) is 2.34. The SMILES string of the molecule is Cc1cc(C(=O)N(C)C(C)CN)c(C)n1C(C)C.Cl. The second-order valence-electron chi connectivity index (χ2n) is 5.25. The molecule has 0 aliphatic carbocycles. The van der Waals surface area contributed by atoms with Crippen LogP contribution < -0.4 is 5.73 Å². The number of likely N-dealkylation sites (N-methyl/N-ethyl adjacent to an activating group) is 1. The largest absolute Gasteiger partial charge is 0.346 e. The third kappa shape index (κ3) is 3.51. The molecular formula is C14H26ClN3O. The lowest BCUT2D eigenvalue weighted by Gasteiger charge is -2.23. The molecule has 0 fully saturated rings. The number of aromatic nitrogens is 1. The van der Waals surface area contributed by atoms with Crippen LogP contribution in [0.3, 0.4) is 0 Å². The van der Waals surface area contributed by atoms with Crippen molar-refractivity contribution < 1.29 is 4.79 Å². The van der Waals surface area contributed by atoms with E-state index in [4.69, 9.17) is 5.73 Å². The predicted molar refractivity (Wildman–Crippen MR) is 82.1 cm³/mol. The molecule has 0 saturated heterocycles. The van der Waals surface area contributed by atoms with Crippen LogP contribution in [0.2, 0.25) is 0 Å². The van der Waals surface area contributed by atoms with E-state index >= 15 is 0 Å². The minimum Gasteiger partial charge on any atom is -0.346 e. The summed E-state index contributed by atoms with van der Waals surface area (Å²) in [5.41, 5.74) is 8.55. The maximum absolute atomic E-state index is 12.4. The molecule has 4 nitrogen and oxygen atoms in total. The minimum atomic E-state index is 0. The van der Waals surface area contributed by atoms with Crippen LogP contribution in [0, 0.1) is 13.8 Å². The molecule has 110 valence electrons. The Morgan fingerprint density at radius 1 is 1.37 bits per heavy atom. The number of halogens is 1. The molecule has 0 saturated carbocycles. The molecule has 0 spiro atoms.